The molecule has 3 N–H and O–H groups in total. The third-order valence-corrected chi connectivity index (χ3v) is 4.51. The summed E-state index contributed by atoms with van der Waals surface area (Å²) in [5.74, 6) is -0.198. The molecule has 0 aromatic heterocycles. The van der Waals surface area contributed by atoms with Crippen LogP contribution in [0.25, 0.3) is 0 Å². The molecule has 4 atom stereocenters. The SMILES string of the molecule is CN1CC2CCC(C1)N2CCC1NC1C(N)=O. The van der Waals surface area contributed by atoms with Crippen LogP contribution in [-0.2, 0) is 4.79 Å². The molecule has 3 heterocycles. The Labute approximate surface area is 102 Å². The van der Waals surface area contributed by atoms with E-state index in [9.17, 15) is 4.79 Å². The fourth-order valence-electron chi connectivity index (χ4n) is 3.56. The van der Waals surface area contributed by atoms with Crippen LogP contribution in [0.4, 0.5) is 0 Å². The summed E-state index contributed by atoms with van der Waals surface area (Å²) in [6.45, 7) is 3.52. The molecule has 5 nitrogen and oxygen atoms in total. The Kier molecular flexibility index (Phi) is 2.84. The molecular formula is C12H22N4O. The Bertz CT molecular complexity index is 308. The second-order valence-electron chi connectivity index (χ2n) is 5.79. The van der Waals surface area contributed by atoms with Gasteiger partial charge in [-0.15, -0.1) is 0 Å². The summed E-state index contributed by atoms with van der Waals surface area (Å²) in [7, 11) is 2.22. The van der Waals surface area contributed by atoms with Crippen molar-refractivity contribution in [1.29, 1.82) is 0 Å². The molecule has 4 unspecified atom stereocenters. The van der Waals surface area contributed by atoms with Crippen molar-refractivity contribution in [3.05, 3.63) is 0 Å². The predicted molar refractivity (Wildman–Crippen MR) is 65.5 cm³/mol. The number of nitrogens with zero attached hydrogens (tertiary/aromatic N) is 2. The van der Waals surface area contributed by atoms with E-state index in [-0.39, 0.29) is 11.9 Å². The molecule has 0 aromatic carbocycles. The number of amides is 1. The molecule has 0 radical (unpaired) electrons. The van der Waals surface area contributed by atoms with Crippen molar-refractivity contribution < 1.29 is 4.79 Å². The normalized spacial score (nSPS) is 41.7. The van der Waals surface area contributed by atoms with Gasteiger partial charge in [0.05, 0.1) is 0 Å². The molecule has 3 rings (SSSR count). The number of carbonyl (C=O) groups is 1. The highest BCUT2D eigenvalue weighted by Gasteiger charge is 2.43. The van der Waals surface area contributed by atoms with Gasteiger partial charge in [0.2, 0.25) is 5.91 Å². The monoisotopic (exact) mass is 238 g/mol. The summed E-state index contributed by atoms with van der Waals surface area (Å²) in [6.07, 6.45) is 3.74. The summed E-state index contributed by atoms with van der Waals surface area (Å²) in [4.78, 5) is 16.0. The summed E-state index contributed by atoms with van der Waals surface area (Å²) in [6, 6.07) is 1.76. The van der Waals surface area contributed by atoms with Gasteiger partial charge in [-0.1, -0.05) is 0 Å². The minimum Gasteiger partial charge on any atom is -0.368 e. The van der Waals surface area contributed by atoms with Gasteiger partial charge < -0.3 is 10.6 Å². The Morgan fingerprint density at radius 3 is 2.53 bits per heavy atom. The van der Waals surface area contributed by atoms with Gasteiger partial charge in [-0.3, -0.25) is 15.0 Å². The average Bonchev–Trinajstić information content (AvgIpc) is 2.99. The maximum Gasteiger partial charge on any atom is 0.236 e. The molecule has 1 amide bonds. The first-order valence-electron chi connectivity index (χ1n) is 6.65. The Hall–Kier alpha value is -0.650. The highest BCUT2D eigenvalue weighted by molar-refractivity contribution is 5.83. The largest absolute Gasteiger partial charge is 0.368 e. The molecule has 3 fully saturated rings. The molecule has 0 aliphatic carbocycles. The van der Waals surface area contributed by atoms with E-state index in [2.05, 4.69) is 22.2 Å². The topological polar surface area (TPSA) is 71.5 Å². The van der Waals surface area contributed by atoms with E-state index < -0.39 is 0 Å². The minimum atomic E-state index is -0.198. The highest BCUT2D eigenvalue weighted by Crippen LogP contribution is 2.30. The lowest BCUT2D eigenvalue weighted by atomic mass is 10.1. The van der Waals surface area contributed by atoms with E-state index in [1.165, 1.54) is 25.9 Å². The lowest BCUT2D eigenvalue weighted by Crippen LogP contribution is -2.52. The molecule has 0 saturated carbocycles. The van der Waals surface area contributed by atoms with Crippen LogP contribution < -0.4 is 11.1 Å². The number of carbonyl (C=O) groups excluding carboxylic acids is 1. The van der Waals surface area contributed by atoms with Gasteiger partial charge in [0, 0.05) is 37.8 Å². The van der Waals surface area contributed by atoms with E-state index in [4.69, 9.17) is 5.73 Å². The number of rotatable bonds is 4. The summed E-state index contributed by atoms with van der Waals surface area (Å²) in [5, 5.41) is 3.15. The van der Waals surface area contributed by atoms with Gasteiger partial charge in [-0.05, 0) is 26.3 Å². The number of likely N-dealkylation sites (N-methyl/N-ethyl adjacent to an activating group) is 1. The standard InChI is InChI=1S/C12H22N4O/c1-15-6-8-2-3-9(7-15)16(8)5-4-10-11(14-10)12(13)17/h8-11,14H,2-7H2,1H3,(H2,13,17). The van der Waals surface area contributed by atoms with Crippen LogP contribution in [0.5, 0.6) is 0 Å². The number of fused-ring (bicyclic) bond motifs is 2. The molecule has 3 aliphatic heterocycles. The molecule has 5 heteroatoms. The maximum atomic E-state index is 10.9. The van der Waals surface area contributed by atoms with Crippen LogP contribution in [0.3, 0.4) is 0 Å². The molecule has 0 spiro atoms. The lowest BCUT2D eigenvalue weighted by molar-refractivity contribution is -0.117. The van der Waals surface area contributed by atoms with E-state index >= 15 is 0 Å². The third kappa shape index (κ3) is 2.19. The van der Waals surface area contributed by atoms with Crippen molar-refractivity contribution in [2.75, 3.05) is 26.7 Å². The van der Waals surface area contributed by atoms with Crippen molar-refractivity contribution >= 4 is 5.91 Å². The molecule has 96 valence electrons. The molecular weight excluding hydrogens is 216 g/mol. The van der Waals surface area contributed by atoms with Gasteiger partial charge in [-0.2, -0.15) is 0 Å². The van der Waals surface area contributed by atoms with Gasteiger partial charge in [0.1, 0.15) is 6.04 Å². The maximum absolute atomic E-state index is 10.9. The average molecular weight is 238 g/mol. The van der Waals surface area contributed by atoms with Gasteiger partial charge in [0.15, 0.2) is 0 Å². The van der Waals surface area contributed by atoms with Crippen molar-refractivity contribution in [3.63, 3.8) is 0 Å². The zero-order chi connectivity index (χ0) is 12.0. The lowest BCUT2D eigenvalue weighted by Gasteiger charge is -2.39. The van der Waals surface area contributed by atoms with Crippen LogP contribution in [-0.4, -0.2) is 66.6 Å². The summed E-state index contributed by atoms with van der Waals surface area (Å²) < 4.78 is 0. The van der Waals surface area contributed by atoms with Gasteiger partial charge in [-0.25, -0.2) is 0 Å². The molecule has 3 aliphatic rings. The van der Waals surface area contributed by atoms with E-state index in [1.54, 1.807) is 0 Å². The molecule has 2 bridgehead atoms. The second-order valence-corrected chi connectivity index (χ2v) is 5.79. The molecule has 3 saturated heterocycles. The smallest absolute Gasteiger partial charge is 0.236 e. The first-order valence-corrected chi connectivity index (χ1v) is 6.65. The summed E-state index contributed by atoms with van der Waals surface area (Å²) in [5.41, 5.74) is 5.26. The Morgan fingerprint density at radius 1 is 1.35 bits per heavy atom. The van der Waals surface area contributed by atoms with Crippen LogP contribution in [0, 0.1) is 0 Å². The molecule has 17 heavy (non-hydrogen) atoms. The van der Waals surface area contributed by atoms with E-state index in [0.29, 0.717) is 6.04 Å². The fourth-order valence-corrected chi connectivity index (χ4v) is 3.56. The zero-order valence-electron chi connectivity index (χ0n) is 10.4. The number of piperazine rings is 1. The van der Waals surface area contributed by atoms with E-state index in [0.717, 1.165) is 25.0 Å². The number of primary amides is 1. The summed E-state index contributed by atoms with van der Waals surface area (Å²) >= 11 is 0. The molecule has 0 aromatic rings. The van der Waals surface area contributed by atoms with Gasteiger partial charge in [0.25, 0.3) is 0 Å². The number of nitrogens with two attached hydrogens (primary N) is 1. The Morgan fingerprint density at radius 2 is 2.00 bits per heavy atom. The minimum absolute atomic E-state index is 0.0554. The van der Waals surface area contributed by atoms with Crippen molar-refractivity contribution in [3.8, 4) is 0 Å². The van der Waals surface area contributed by atoms with Crippen molar-refractivity contribution in [1.82, 2.24) is 15.1 Å². The van der Waals surface area contributed by atoms with Crippen LogP contribution in [0.15, 0.2) is 0 Å². The number of likely N-dealkylation sites (tertiary alicyclic amines) is 1. The first-order chi connectivity index (χ1) is 8.15. The predicted octanol–water partition coefficient (Wildman–Crippen LogP) is -1.02. The van der Waals surface area contributed by atoms with Crippen molar-refractivity contribution in [2.24, 2.45) is 5.73 Å². The fraction of sp³-hybridized carbons (Fsp3) is 0.917. The quantitative estimate of drug-likeness (QED) is 0.615. The zero-order valence-corrected chi connectivity index (χ0v) is 10.4. The Balaban J connectivity index is 1.49. The van der Waals surface area contributed by atoms with Crippen molar-refractivity contribution in [2.45, 2.75) is 43.4 Å². The number of hydrogen-bond acceptors (Lipinski definition) is 4. The number of nitrogens with one attached hydrogen (secondary N) is 1. The number of hydrogen-bond donors (Lipinski definition) is 2. The first kappa shape index (κ1) is 11.4. The second kappa shape index (κ2) is 4.23. The highest BCUT2D eigenvalue weighted by atomic mass is 16.1. The van der Waals surface area contributed by atoms with Gasteiger partial charge >= 0.3 is 0 Å². The third-order valence-electron chi connectivity index (χ3n) is 4.51. The van der Waals surface area contributed by atoms with Crippen LogP contribution in [0.2, 0.25) is 0 Å². The van der Waals surface area contributed by atoms with Crippen LogP contribution >= 0.6 is 0 Å². The van der Waals surface area contributed by atoms with Crippen LogP contribution in [0.1, 0.15) is 19.3 Å². The van der Waals surface area contributed by atoms with E-state index in [1.807, 2.05) is 0 Å².